The Morgan fingerprint density at radius 3 is 2.96 bits per heavy atom. The second-order valence-corrected chi connectivity index (χ2v) is 6.80. The summed E-state index contributed by atoms with van der Waals surface area (Å²) >= 11 is 0. The van der Waals surface area contributed by atoms with Crippen molar-refractivity contribution in [2.24, 2.45) is 0 Å². The number of hydrogen-bond acceptors (Lipinski definition) is 7. The van der Waals surface area contributed by atoms with Crippen molar-refractivity contribution in [3.05, 3.63) is 54.1 Å². The maximum absolute atomic E-state index is 6.19. The minimum Gasteiger partial charge on any atom is -0.383 e. The molecule has 0 saturated carbocycles. The smallest absolute Gasteiger partial charge is 0.153 e. The first-order chi connectivity index (χ1) is 13.7. The highest BCUT2D eigenvalue weighted by molar-refractivity contribution is 5.94. The van der Waals surface area contributed by atoms with Gasteiger partial charge in [-0.1, -0.05) is 0 Å². The van der Waals surface area contributed by atoms with Crippen molar-refractivity contribution in [3.8, 4) is 11.3 Å². The molecule has 5 heterocycles. The normalized spacial score (nSPS) is 13.5. The first-order valence-electron chi connectivity index (χ1n) is 9.06. The van der Waals surface area contributed by atoms with Crippen LogP contribution in [0.5, 0.6) is 0 Å². The average molecular weight is 373 g/mol. The number of nitrogens with zero attached hydrogens (tertiary/aromatic N) is 5. The zero-order chi connectivity index (χ0) is 19.1. The summed E-state index contributed by atoms with van der Waals surface area (Å²) in [5.41, 5.74) is 10.1. The predicted octanol–water partition coefficient (Wildman–Crippen LogP) is 3.05. The monoisotopic (exact) mass is 373 g/mol. The molecule has 0 aromatic carbocycles. The van der Waals surface area contributed by atoms with Crippen molar-refractivity contribution >= 4 is 28.2 Å². The standard InChI is InChI=1S/C20H19N7O/c1-12-2-3-22-9-15(12)17-6-13-7-18(23-10-16(13)20(21)24-17)25-19-8-14-11-28-5-4-27(14)26-19/h2-3,6-10H,4-5,11H2,1H3,(H2,21,24)(H,23,25,26). The average Bonchev–Trinajstić information content (AvgIpc) is 3.10. The van der Waals surface area contributed by atoms with Crippen LogP contribution in [0.1, 0.15) is 11.3 Å². The highest BCUT2D eigenvalue weighted by atomic mass is 16.5. The van der Waals surface area contributed by atoms with E-state index in [9.17, 15) is 0 Å². The van der Waals surface area contributed by atoms with Gasteiger partial charge in [-0.05, 0) is 36.1 Å². The Kier molecular flexibility index (Phi) is 3.91. The molecule has 8 heteroatoms. The summed E-state index contributed by atoms with van der Waals surface area (Å²) < 4.78 is 7.42. The topological polar surface area (TPSA) is 104 Å². The van der Waals surface area contributed by atoms with Crippen molar-refractivity contribution in [2.75, 3.05) is 17.7 Å². The molecule has 28 heavy (non-hydrogen) atoms. The second kappa shape index (κ2) is 6.58. The summed E-state index contributed by atoms with van der Waals surface area (Å²) in [5.74, 6) is 1.89. The molecule has 0 spiro atoms. The van der Waals surface area contributed by atoms with Crippen LogP contribution in [0.4, 0.5) is 17.5 Å². The highest BCUT2D eigenvalue weighted by Crippen LogP contribution is 2.29. The van der Waals surface area contributed by atoms with E-state index in [2.05, 4.69) is 25.4 Å². The molecule has 0 fully saturated rings. The van der Waals surface area contributed by atoms with Crippen molar-refractivity contribution in [1.82, 2.24) is 24.7 Å². The Bertz CT molecular complexity index is 1160. The van der Waals surface area contributed by atoms with Crippen LogP contribution in [0.2, 0.25) is 0 Å². The van der Waals surface area contributed by atoms with Crippen LogP contribution in [0.3, 0.4) is 0 Å². The van der Waals surface area contributed by atoms with Crippen LogP contribution in [0.15, 0.2) is 42.9 Å². The van der Waals surface area contributed by atoms with E-state index < -0.39 is 0 Å². The molecule has 140 valence electrons. The number of ether oxygens (including phenoxy) is 1. The minimum absolute atomic E-state index is 0.449. The first kappa shape index (κ1) is 16.6. The van der Waals surface area contributed by atoms with Crippen LogP contribution in [0, 0.1) is 6.92 Å². The fourth-order valence-electron chi connectivity index (χ4n) is 3.40. The van der Waals surface area contributed by atoms with Gasteiger partial charge in [-0.3, -0.25) is 9.67 Å². The summed E-state index contributed by atoms with van der Waals surface area (Å²) in [6.45, 7) is 4.06. The van der Waals surface area contributed by atoms with Gasteiger partial charge in [0.1, 0.15) is 11.6 Å². The molecule has 0 radical (unpaired) electrons. The van der Waals surface area contributed by atoms with Gasteiger partial charge in [0.05, 0.1) is 31.1 Å². The minimum atomic E-state index is 0.449. The number of nitrogens with two attached hydrogens (primary N) is 1. The van der Waals surface area contributed by atoms with E-state index in [1.165, 1.54) is 0 Å². The number of hydrogen-bond donors (Lipinski definition) is 2. The van der Waals surface area contributed by atoms with Gasteiger partial charge in [0.2, 0.25) is 0 Å². The van der Waals surface area contributed by atoms with E-state index in [4.69, 9.17) is 10.5 Å². The van der Waals surface area contributed by atoms with Crippen LogP contribution < -0.4 is 11.1 Å². The van der Waals surface area contributed by atoms with Gasteiger partial charge >= 0.3 is 0 Å². The number of aryl methyl sites for hydroxylation is 1. The second-order valence-electron chi connectivity index (χ2n) is 6.80. The third kappa shape index (κ3) is 2.93. The zero-order valence-corrected chi connectivity index (χ0v) is 15.4. The van der Waals surface area contributed by atoms with E-state index in [-0.39, 0.29) is 0 Å². The number of nitrogens with one attached hydrogen (secondary N) is 1. The predicted molar refractivity (Wildman–Crippen MR) is 107 cm³/mol. The molecule has 0 saturated heterocycles. The fourth-order valence-corrected chi connectivity index (χ4v) is 3.40. The highest BCUT2D eigenvalue weighted by Gasteiger charge is 2.14. The van der Waals surface area contributed by atoms with Gasteiger partial charge in [0.15, 0.2) is 5.82 Å². The Morgan fingerprint density at radius 1 is 1.18 bits per heavy atom. The molecular weight excluding hydrogens is 354 g/mol. The fraction of sp³-hybridized carbons (Fsp3) is 0.200. The van der Waals surface area contributed by atoms with E-state index in [0.29, 0.717) is 24.8 Å². The Morgan fingerprint density at radius 2 is 2.11 bits per heavy atom. The lowest BCUT2D eigenvalue weighted by Crippen LogP contribution is -2.16. The lowest BCUT2D eigenvalue weighted by Gasteiger charge is -2.12. The van der Waals surface area contributed by atoms with E-state index >= 15 is 0 Å². The molecule has 0 atom stereocenters. The third-order valence-corrected chi connectivity index (χ3v) is 4.88. The molecular formula is C20H19N7O. The maximum Gasteiger partial charge on any atom is 0.153 e. The molecule has 8 nitrogen and oxygen atoms in total. The van der Waals surface area contributed by atoms with E-state index in [0.717, 1.165) is 45.6 Å². The number of nitrogen functional groups attached to an aromatic ring is 1. The van der Waals surface area contributed by atoms with Gasteiger partial charge in [-0.15, -0.1) is 0 Å². The Hall–Kier alpha value is -3.52. The molecule has 0 amide bonds. The van der Waals surface area contributed by atoms with E-state index in [1.54, 1.807) is 18.6 Å². The number of fused-ring (bicyclic) bond motifs is 2. The number of anilines is 3. The van der Waals surface area contributed by atoms with Gasteiger partial charge in [0, 0.05) is 35.6 Å². The van der Waals surface area contributed by atoms with Crippen LogP contribution in [-0.4, -0.2) is 31.3 Å². The number of pyridine rings is 3. The molecule has 0 aliphatic carbocycles. The molecule has 1 aliphatic heterocycles. The Balaban J connectivity index is 1.53. The number of rotatable bonds is 3. The lowest BCUT2D eigenvalue weighted by molar-refractivity contribution is 0.0801. The van der Waals surface area contributed by atoms with Crippen molar-refractivity contribution < 1.29 is 4.74 Å². The van der Waals surface area contributed by atoms with Gasteiger partial charge in [0.25, 0.3) is 0 Å². The lowest BCUT2D eigenvalue weighted by atomic mass is 10.1. The quantitative estimate of drug-likeness (QED) is 0.569. The molecule has 1 aliphatic rings. The van der Waals surface area contributed by atoms with E-state index in [1.807, 2.05) is 35.9 Å². The third-order valence-electron chi connectivity index (χ3n) is 4.88. The largest absolute Gasteiger partial charge is 0.383 e. The van der Waals surface area contributed by atoms with Crippen LogP contribution in [-0.2, 0) is 17.9 Å². The molecule has 5 rings (SSSR count). The van der Waals surface area contributed by atoms with Crippen LogP contribution >= 0.6 is 0 Å². The molecule has 3 N–H and O–H groups in total. The molecule has 0 bridgehead atoms. The number of aromatic nitrogens is 5. The maximum atomic E-state index is 6.19. The van der Waals surface area contributed by atoms with Crippen molar-refractivity contribution in [2.45, 2.75) is 20.1 Å². The van der Waals surface area contributed by atoms with Crippen molar-refractivity contribution in [3.63, 3.8) is 0 Å². The summed E-state index contributed by atoms with van der Waals surface area (Å²) in [7, 11) is 0. The summed E-state index contributed by atoms with van der Waals surface area (Å²) in [5, 5.41) is 9.60. The van der Waals surface area contributed by atoms with Gasteiger partial charge in [-0.2, -0.15) is 5.10 Å². The van der Waals surface area contributed by atoms with Gasteiger partial charge < -0.3 is 15.8 Å². The summed E-state index contributed by atoms with van der Waals surface area (Å²) in [6, 6.07) is 7.91. The summed E-state index contributed by atoms with van der Waals surface area (Å²) in [4.78, 5) is 13.2. The zero-order valence-electron chi connectivity index (χ0n) is 15.4. The molecule has 4 aromatic heterocycles. The summed E-state index contributed by atoms with van der Waals surface area (Å²) in [6.07, 6.45) is 5.31. The van der Waals surface area contributed by atoms with Gasteiger partial charge in [-0.25, -0.2) is 9.97 Å². The van der Waals surface area contributed by atoms with Crippen LogP contribution in [0.25, 0.3) is 22.0 Å². The molecule has 4 aromatic rings. The first-order valence-corrected chi connectivity index (χ1v) is 9.06. The SMILES string of the molecule is Cc1ccncc1-c1cc2cc(Nc3cc4n(n3)CCOC4)ncc2c(N)n1. The molecule has 0 unspecified atom stereocenters. The Labute approximate surface area is 161 Å². The van der Waals surface area contributed by atoms with Crippen molar-refractivity contribution in [1.29, 1.82) is 0 Å².